The highest BCUT2D eigenvalue weighted by Gasteiger charge is 2.43. The molecule has 3 atom stereocenters. The minimum atomic E-state index is -0.458. The van der Waals surface area contributed by atoms with Crippen LogP contribution >= 0.6 is 0 Å². The fourth-order valence-electron chi connectivity index (χ4n) is 5.34. The highest BCUT2D eigenvalue weighted by molar-refractivity contribution is 6.00. The van der Waals surface area contributed by atoms with Crippen molar-refractivity contribution in [2.45, 2.75) is 37.5 Å². The van der Waals surface area contributed by atoms with E-state index in [-0.39, 0.29) is 35.9 Å². The van der Waals surface area contributed by atoms with E-state index in [2.05, 4.69) is 10.4 Å². The van der Waals surface area contributed by atoms with Crippen LogP contribution in [-0.2, 0) is 21.4 Å². The lowest BCUT2D eigenvalue weighted by Crippen LogP contribution is -2.44. The zero-order valence-corrected chi connectivity index (χ0v) is 20.4. The third kappa shape index (κ3) is 4.21. The van der Waals surface area contributed by atoms with Crippen molar-refractivity contribution >= 4 is 28.4 Å². The molecule has 4 heterocycles. The standard InChI is InChI=1S/C28H27N5O4/c1-31-17-21(10-12-25(31)34)33-23-11-9-20(14-19(23)16-29-33)32-26(35)15-22(27(32)18-6-3-2-4-7-18)30-28(36)24-8-5-13-37-24/h2-4,6-7,9-12,14,16-17,22,24,27H,5,8,13,15H2,1H3,(H,30,36)/t22-,24?,27+/m0/s1. The fraction of sp³-hybridized carbons (Fsp3) is 0.286. The molecule has 9 heteroatoms. The first kappa shape index (κ1) is 23.2. The molecule has 1 unspecified atom stereocenters. The summed E-state index contributed by atoms with van der Waals surface area (Å²) in [5.41, 5.74) is 3.21. The zero-order chi connectivity index (χ0) is 25.5. The first-order chi connectivity index (χ1) is 18.0. The van der Waals surface area contributed by atoms with Gasteiger partial charge in [-0.2, -0.15) is 5.10 Å². The summed E-state index contributed by atoms with van der Waals surface area (Å²) in [5, 5.41) is 8.49. The number of hydrogen-bond acceptors (Lipinski definition) is 5. The third-order valence-corrected chi connectivity index (χ3v) is 7.16. The molecule has 1 N–H and O–H groups in total. The molecule has 188 valence electrons. The molecule has 2 aromatic carbocycles. The molecule has 37 heavy (non-hydrogen) atoms. The van der Waals surface area contributed by atoms with E-state index in [1.165, 1.54) is 10.6 Å². The van der Waals surface area contributed by atoms with Crippen molar-refractivity contribution in [2.75, 3.05) is 11.5 Å². The van der Waals surface area contributed by atoms with E-state index in [9.17, 15) is 14.4 Å². The van der Waals surface area contributed by atoms with Crippen molar-refractivity contribution < 1.29 is 14.3 Å². The average Bonchev–Trinajstić information content (AvgIpc) is 3.65. The highest BCUT2D eigenvalue weighted by atomic mass is 16.5. The number of aryl methyl sites for hydroxylation is 1. The topological polar surface area (TPSA) is 98.5 Å². The Morgan fingerprint density at radius 3 is 2.62 bits per heavy atom. The molecular formula is C28H27N5O4. The minimum absolute atomic E-state index is 0.0590. The lowest BCUT2D eigenvalue weighted by molar-refractivity contribution is -0.130. The van der Waals surface area contributed by atoms with Gasteiger partial charge in [0.25, 0.3) is 0 Å². The summed E-state index contributed by atoms with van der Waals surface area (Å²) in [4.78, 5) is 39.9. The van der Waals surface area contributed by atoms with E-state index in [0.717, 1.165) is 34.3 Å². The number of carbonyl (C=O) groups excluding carboxylic acids is 2. The number of nitrogens with one attached hydrogen (secondary N) is 1. The monoisotopic (exact) mass is 497 g/mol. The highest BCUT2D eigenvalue weighted by Crippen LogP contribution is 2.38. The van der Waals surface area contributed by atoms with Gasteiger partial charge in [0.2, 0.25) is 17.4 Å². The maximum Gasteiger partial charge on any atom is 0.250 e. The second kappa shape index (κ2) is 9.33. The Balaban J connectivity index is 1.36. The van der Waals surface area contributed by atoms with Crippen LogP contribution in [-0.4, -0.2) is 44.9 Å². The molecule has 2 aromatic heterocycles. The molecule has 4 aromatic rings. The first-order valence-corrected chi connectivity index (χ1v) is 12.4. The lowest BCUT2D eigenvalue weighted by Gasteiger charge is -2.29. The van der Waals surface area contributed by atoms with Crippen LogP contribution in [0.15, 0.2) is 77.9 Å². The van der Waals surface area contributed by atoms with Crippen molar-refractivity contribution in [2.24, 2.45) is 7.05 Å². The van der Waals surface area contributed by atoms with E-state index in [1.807, 2.05) is 48.5 Å². The molecule has 2 aliphatic heterocycles. The van der Waals surface area contributed by atoms with Crippen molar-refractivity contribution in [1.82, 2.24) is 19.7 Å². The van der Waals surface area contributed by atoms with Crippen LogP contribution in [0.4, 0.5) is 5.69 Å². The molecule has 2 saturated heterocycles. The van der Waals surface area contributed by atoms with Gasteiger partial charge in [-0.15, -0.1) is 0 Å². The van der Waals surface area contributed by atoms with Gasteiger partial charge in [-0.1, -0.05) is 30.3 Å². The third-order valence-electron chi connectivity index (χ3n) is 7.16. The molecule has 0 aliphatic carbocycles. The second-order valence-electron chi connectivity index (χ2n) is 9.58. The molecule has 0 radical (unpaired) electrons. The lowest BCUT2D eigenvalue weighted by atomic mass is 9.99. The summed E-state index contributed by atoms with van der Waals surface area (Å²) >= 11 is 0. The first-order valence-electron chi connectivity index (χ1n) is 12.4. The van der Waals surface area contributed by atoms with E-state index in [1.54, 1.807) is 35.1 Å². The Morgan fingerprint density at radius 2 is 1.86 bits per heavy atom. The van der Waals surface area contributed by atoms with Crippen LogP contribution in [0.3, 0.4) is 0 Å². The van der Waals surface area contributed by atoms with Crippen LogP contribution in [0.2, 0.25) is 0 Å². The van der Waals surface area contributed by atoms with E-state index >= 15 is 0 Å². The Kier molecular flexibility index (Phi) is 5.84. The van der Waals surface area contributed by atoms with Gasteiger partial charge >= 0.3 is 0 Å². The molecule has 2 aliphatic rings. The number of ether oxygens (including phenoxy) is 1. The number of carbonyl (C=O) groups is 2. The van der Waals surface area contributed by atoms with Crippen molar-refractivity contribution in [1.29, 1.82) is 0 Å². The summed E-state index contributed by atoms with van der Waals surface area (Å²) < 4.78 is 8.84. The molecular weight excluding hydrogens is 470 g/mol. The van der Waals surface area contributed by atoms with Crippen LogP contribution in [0.25, 0.3) is 16.6 Å². The largest absolute Gasteiger partial charge is 0.368 e. The summed E-state index contributed by atoms with van der Waals surface area (Å²) in [5.74, 6) is -0.219. The molecule has 9 nitrogen and oxygen atoms in total. The van der Waals surface area contributed by atoms with E-state index < -0.39 is 6.10 Å². The van der Waals surface area contributed by atoms with Crippen molar-refractivity contribution in [3.63, 3.8) is 0 Å². The number of fused-ring (bicyclic) bond motifs is 1. The van der Waals surface area contributed by atoms with Gasteiger partial charge in [-0.3, -0.25) is 14.4 Å². The number of benzene rings is 2. The number of rotatable bonds is 5. The maximum absolute atomic E-state index is 13.4. The van der Waals surface area contributed by atoms with Crippen LogP contribution in [0.1, 0.15) is 30.9 Å². The Morgan fingerprint density at radius 1 is 1.05 bits per heavy atom. The number of aromatic nitrogens is 3. The summed E-state index contributed by atoms with van der Waals surface area (Å²) in [6, 6.07) is 18.1. The summed E-state index contributed by atoms with van der Waals surface area (Å²) in [6.07, 6.45) is 4.79. The van der Waals surface area contributed by atoms with Crippen LogP contribution in [0.5, 0.6) is 0 Å². The average molecular weight is 498 g/mol. The number of anilines is 1. The number of nitrogens with zero attached hydrogens (tertiary/aromatic N) is 4. The number of amides is 2. The number of hydrogen-bond donors (Lipinski definition) is 1. The second-order valence-corrected chi connectivity index (χ2v) is 9.58. The van der Waals surface area contributed by atoms with E-state index in [0.29, 0.717) is 13.0 Å². The smallest absolute Gasteiger partial charge is 0.250 e. The molecule has 2 amide bonds. The van der Waals surface area contributed by atoms with Gasteiger partial charge in [0.1, 0.15) is 6.10 Å². The Labute approximate surface area is 213 Å². The fourth-order valence-corrected chi connectivity index (χ4v) is 5.34. The maximum atomic E-state index is 13.4. The SMILES string of the molecule is Cn1cc(-n2ncc3cc(N4C(=O)C[C@H](NC(=O)C5CCCO5)[C@H]4c4ccccc4)ccc32)ccc1=O. The number of pyridine rings is 1. The zero-order valence-electron chi connectivity index (χ0n) is 20.4. The summed E-state index contributed by atoms with van der Waals surface area (Å²) in [6.45, 7) is 0.586. The van der Waals surface area contributed by atoms with Gasteiger partial charge < -0.3 is 19.5 Å². The van der Waals surface area contributed by atoms with Crippen molar-refractivity contribution in [3.8, 4) is 5.69 Å². The van der Waals surface area contributed by atoms with Gasteiger partial charge in [0.05, 0.1) is 29.5 Å². The Bertz CT molecular complexity index is 1540. The Hall–Kier alpha value is -4.24. The molecule has 0 spiro atoms. The van der Waals surface area contributed by atoms with Crippen LogP contribution in [0, 0.1) is 0 Å². The predicted molar refractivity (Wildman–Crippen MR) is 139 cm³/mol. The normalized spacial score (nSPS) is 21.6. The quantitative estimate of drug-likeness (QED) is 0.457. The summed E-state index contributed by atoms with van der Waals surface area (Å²) in [7, 11) is 1.70. The van der Waals surface area contributed by atoms with Crippen LogP contribution < -0.4 is 15.8 Å². The minimum Gasteiger partial charge on any atom is -0.368 e. The molecule has 6 rings (SSSR count). The van der Waals surface area contributed by atoms with Gasteiger partial charge in [0.15, 0.2) is 0 Å². The predicted octanol–water partition coefficient (Wildman–Crippen LogP) is 2.87. The van der Waals surface area contributed by atoms with Gasteiger partial charge in [0, 0.05) is 43.4 Å². The molecule has 0 saturated carbocycles. The van der Waals surface area contributed by atoms with Gasteiger partial charge in [-0.25, -0.2) is 4.68 Å². The van der Waals surface area contributed by atoms with E-state index in [4.69, 9.17) is 4.74 Å². The molecule has 0 bridgehead atoms. The van der Waals surface area contributed by atoms with Crippen molar-refractivity contribution in [3.05, 3.63) is 89.0 Å². The van der Waals surface area contributed by atoms with Gasteiger partial charge in [-0.05, 0) is 42.7 Å². The molecule has 2 fully saturated rings.